The third-order valence-corrected chi connectivity index (χ3v) is 2.08. The maximum Gasteiger partial charge on any atom is 0.434 e. The third-order valence-electron chi connectivity index (χ3n) is 2.08. The maximum absolute atomic E-state index is 13.2. The molecule has 0 aliphatic heterocycles. The van der Waals surface area contributed by atoms with Crippen molar-refractivity contribution in [3.8, 4) is 5.75 Å². The lowest BCUT2D eigenvalue weighted by Crippen LogP contribution is -2.46. The van der Waals surface area contributed by atoms with Crippen molar-refractivity contribution in [2.45, 2.75) is 18.5 Å². The Morgan fingerprint density at radius 3 is 1.67 bits per heavy atom. The number of carbonyl (C=O) groups is 1. The molecule has 0 heterocycles. The predicted molar refractivity (Wildman–Crippen MR) is 49.8 cm³/mol. The molecular formula is C10H4F8O3. The molecule has 3 nitrogen and oxygen atoms in total. The number of rotatable bonds is 3. The molecule has 0 atom stereocenters. The van der Waals surface area contributed by atoms with Crippen LogP contribution in [-0.4, -0.2) is 29.5 Å². The molecule has 1 aromatic rings. The average molecular weight is 324 g/mol. The van der Waals surface area contributed by atoms with Crippen molar-refractivity contribution in [1.29, 1.82) is 0 Å². The summed E-state index contributed by atoms with van der Waals surface area (Å²) in [6, 6.07) is 0.0646. The summed E-state index contributed by atoms with van der Waals surface area (Å²) in [4.78, 5) is 10.4. The second-order valence-electron chi connectivity index (χ2n) is 3.66. The Kier molecular flexibility index (Phi) is 4.34. The lowest BCUT2D eigenvalue weighted by atomic mass is 10.2. The molecule has 0 spiro atoms. The minimum Gasteiger partial charge on any atom is -0.478 e. The quantitative estimate of drug-likeness (QED) is 0.865. The number of aromatic carboxylic acids is 1. The molecule has 0 fully saturated rings. The minimum atomic E-state index is -5.97. The maximum atomic E-state index is 13.2. The van der Waals surface area contributed by atoms with E-state index >= 15 is 0 Å². The smallest absolute Gasteiger partial charge is 0.434 e. The second kappa shape index (κ2) is 5.37. The minimum absolute atomic E-state index is 0.0323. The normalized spacial score (nSPS) is 12.6. The van der Waals surface area contributed by atoms with E-state index in [2.05, 4.69) is 4.74 Å². The number of benzene rings is 1. The van der Waals surface area contributed by atoms with E-state index in [4.69, 9.17) is 5.11 Å². The van der Waals surface area contributed by atoms with Gasteiger partial charge in [0.2, 0.25) is 0 Å². The van der Waals surface area contributed by atoms with Crippen LogP contribution in [-0.2, 0) is 0 Å². The number of alkyl halides is 6. The third kappa shape index (κ3) is 3.95. The number of ether oxygens (including phenoxy) is 1. The van der Waals surface area contributed by atoms with Crippen LogP contribution in [0.2, 0.25) is 0 Å². The van der Waals surface area contributed by atoms with Gasteiger partial charge < -0.3 is 9.84 Å². The first-order valence-electron chi connectivity index (χ1n) is 4.86. The first kappa shape index (κ1) is 17.0. The lowest BCUT2D eigenvalue weighted by molar-refractivity contribution is -0.300. The fourth-order valence-electron chi connectivity index (χ4n) is 1.23. The van der Waals surface area contributed by atoms with Crippen LogP contribution in [0.5, 0.6) is 5.75 Å². The summed E-state index contributed by atoms with van der Waals surface area (Å²) in [6.45, 7) is 0. The van der Waals surface area contributed by atoms with Gasteiger partial charge in [-0.3, -0.25) is 0 Å². The van der Waals surface area contributed by atoms with Crippen molar-refractivity contribution in [2.75, 3.05) is 0 Å². The van der Waals surface area contributed by atoms with Crippen LogP contribution in [0, 0.1) is 11.6 Å². The van der Waals surface area contributed by atoms with Crippen LogP contribution in [0.3, 0.4) is 0 Å². The Bertz CT molecular complexity index is 511. The van der Waals surface area contributed by atoms with Gasteiger partial charge in [0, 0.05) is 0 Å². The summed E-state index contributed by atoms with van der Waals surface area (Å²) in [6.07, 6.45) is -16.4. The Morgan fingerprint density at radius 2 is 1.38 bits per heavy atom. The van der Waals surface area contributed by atoms with Crippen LogP contribution >= 0.6 is 0 Å². The zero-order chi connectivity index (χ0) is 16.6. The fourth-order valence-corrected chi connectivity index (χ4v) is 1.23. The Hall–Kier alpha value is -2.07. The monoisotopic (exact) mass is 324 g/mol. The van der Waals surface area contributed by atoms with E-state index in [1.807, 2.05) is 0 Å². The standard InChI is InChI=1S/C10H4F8O3/c11-4-1-3(7(19)20)2-5(12)6(4)21-8(9(13,14)15)10(16,17)18/h1-2,8H,(H,19,20). The molecule has 0 amide bonds. The topological polar surface area (TPSA) is 46.5 Å². The molecule has 0 saturated heterocycles. The summed E-state index contributed by atoms with van der Waals surface area (Å²) in [5.41, 5.74) is -1.01. The van der Waals surface area contributed by atoms with Crippen molar-refractivity contribution < 1.29 is 49.8 Å². The Morgan fingerprint density at radius 1 is 1.00 bits per heavy atom. The highest BCUT2D eigenvalue weighted by atomic mass is 19.4. The molecule has 21 heavy (non-hydrogen) atoms. The summed E-state index contributed by atoms with van der Waals surface area (Å²) in [5, 5.41) is 8.43. The fraction of sp³-hybridized carbons (Fsp3) is 0.300. The van der Waals surface area contributed by atoms with Crippen molar-refractivity contribution in [3.05, 3.63) is 29.3 Å². The molecule has 0 bridgehead atoms. The van der Waals surface area contributed by atoms with Gasteiger partial charge in [-0.2, -0.15) is 26.3 Å². The highest BCUT2D eigenvalue weighted by molar-refractivity contribution is 5.87. The molecule has 118 valence electrons. The SMILES string of the molecule is O=C(O)c1cc(F)c(OC(C(F)(F)F)C(F)(F)F)c(F)c1. The van der Waals surface area contributed by atoms with E-state index in [1.54, 1.807) is 0 Å². The van der Waals surface area contributed by atoms with E-state index in [-0.39, 0.29) is 12.1 Å². The van der Waals surface area contributed by atoms with Crippen LogP contribution in [0.25, 0.3) is 0 Å². The second-order valence-corrected chi connectivity index (χ2v) is 3.66. The summed E-state index contributed by atoms with van der Waals surface area (Å²) in [7, 11) is 0. The first-order chi connectivity index (χ1) is 9.34. The van der Waals surface area contributed by atoms with Crippen molar-refractivity contribution >= 4 is 5.97 Å². The van der Waals surface area contributed by atoms with Gasteiger partial charge in [-0.1, -0.05) is 0 Å². The van der Waals surface area contributed by atoms with E-state index in [0.29, 0.717) is 0 Å². The number of carboxylic acid groups (broad SMARTS) is 1. The Balaban J connectivity index is 3.26. The lowest BCUT2D eigenvalue weighted by Gasteiger charge is -2.24. The first-order valence-corrected chi connectivity index (χ1v) is 4.86. The molecule has 1 aromatic carbocycles. The van der Waals surface area contributed by atoms with Gasteiger partial charge in [0.05, 0.1) is 5.56 Å². The highest BCUT2D eigenvalue weighted by Gasteiger charge is 2.59. The van der Waals surface area contributed by atoms with Gasteiger partial charge in [-0.15, -0.1) is 0 Å². The van der Waals surface area contributed by atoms with E-state index in [9.17, 15) is 39.9 Å². The molecule has 1 N–H and O–H groups in total. The number of hydrogen-bond acceptors (Lipinski definition) is 2. The van der Waals surface area contributed by atoms with Gasteiger partial charge >= 0.3 is 18.3 Å². The van der Waals surface area contributed by atoms with Gasteiger partial charge in [-0.05, 0) is 12.1 Å². The molecule has 0 radical (unpaired) electrons. The van der Waals surface area contributed by atoms with Crippen LogP contribution in [0.15, 0.2) is 12.1 Å². The van der Waals surface area contributed by atoms with E-state index < -0.39 is 47.4 Å². The summed E-state index contributed by atoms with van der Waals surface area (Å²) < 4.78 is 103. The van der Waals surface area contributed by atoms with Gasteiger partial charge in [0.15, 0.2) is 17.4 Å². The molecule has 0 aliphatic rings. The van der Waals surface area contributed by atoms with Crippen molar-refractivity contribution in [1.82, 2.24) is 0 Å². The van der Waals surface area contributed by atoms with Crippen LogP contribution < -0.4 is 4.74 Å². The largest absolute Gasteiger partial charge is 0.478 e. The van der Waals surface area contributed by atoms with Crippen molar-refractivity contribution in [3.63, 3.8) is 0 Å². The van der Waals surface area contributed by atoms with Crippen LogP contribution in [0.1, 0.15) is 10.4 Å². The van der Waals surface area contributed by atoms with Crippen molar-refractivity contribution in [2.24, 2.45) is 0 Å². The molecule has 0 saturated carbocycles. The molecular weight excluding hydrogens is 320 g/mol. The average Bonchev–Trinajstić information content (AvgIpc) is 2.23. The van der Waals surface area contributed by atoms with Gasteiger partial charge in [-0.25, -0.2) is 13.6 Å². The predicted octanol–water partition coefficient (Wildman–Crippen LogP) is 3.54. The zero-order valence-corrected chi connectivity index (χ0v) is 9.52. The Labute approximate surface area is 110 Å². The van der Waals surface area contributed by atoms with Gasteiger partial charge in [0.25, 0.3) is 6.10 Å². The number of hydrogen-bond donors (Lipinski definition) is 1. The van der Waals surface area contributed by atoms with E-state index in [1.165, 1.54) is 0 Å². The molecule has 11 heteroatoms. The number of carboxylic acids is 1. The highest BCUT2D eigenvalue weighted by Crippen LogP contribution is 2.38. The van der Waals surface area contributed by atoms with Gasteiger partial charge in [0.1, 0.15) is 0 Å². The molecule has 1 rings (SSSR count). The molecule has 0 aromatic heterocycles. The molecule has 0 unspecified atom stereocenters. The summed E-state index contributed by atoms with van der Waals surface area (Å²) >= 11 is 0. The van der Waals surface area contributed by atoms with Crippen LogP contribution in [0.4, 0.5) is 35.1 Å². The van der Waals surface area contributed by atoms with E-state index in [0.717, 1.165) is 0 Å². The number of halogens is 8. The zero-order valence-electron chi connectivity index (χ0n) is 9.52. The summed E-state index contributed by atoms with van der Waals surface area (Å²) in [5.74, 6) is -7.82. The molecule has 0 aliphatic carbocycles.